The Morgan fingerprint density at radius 1 is 1.09 bits per heavy atom. The van der Waals surface area contributed by atoms with Crippen molar-refractivity contribution in [2.75, 3.05) is 18.4 Å². The summed E-state index contributed by atoms with van der Waals surface area (Å²) in [5.74, 6) is -0.171. The number of alkyl halides is 3. The Bertz CT molecular complexity index is 1510. The lowest BCUT2D eigenvalue weighted by Gasteiger charge is -2.40. The van der Waals surface area contributed by atoms with Crippen LogP contribution in [-0.4, -0.2) is 50.0 Å². The Balaban J connectivity index is 1.30. The van der Waals surface area contributed by atoms with Gasteiger partial charge in [0.25, 0.3) is 0 Å². The molecular formula is C33H35F3N6O. The number of aryl methyl sites for hydroxylation is 1. The highest BCUT2D eigenvalue weighted by molar-refractivity contribution is 5.92. The zero-order valence-electron chi connectivity index (χ0n) is 24.2. The van der Waals surface area contributed by atoms with Crippen LogP contribution in [0.3, 0.4) is 0 Å². The van der Waals surface area contributed by atoms with Gasteiger partial charge in [-0.3, -0.25) is 19.8 Å². The summed E-state index contributed by atoms with van der Waals surface area (Å²) in [5.41, 5.74) is 4.73. The van der Waals surface area contributed by atoms with Crippen LogP contribution in [0.1, 0.15) is 53.8 Å². The lowest BCUT2D eigenvalue weighted by molar-refractivity contribution is -0.137. The van der Waals surface area contributed by atoms with Gasteiger partial charge in [0.05, 0.1) is 11.8 Å². The number of nitrogens with zero attached hydrogens (tertiary/aromatic N) is 4. The van der Waals surface area contributed by atoms with Crippen LogP contribution < -0.4 is 5.32 Å². The molecule has 7 nitrogen and oxygen atoms in total. The number of nitrogens with one attached hydrogen (secondary N) is 2. The van der Waals surface area contributed by atoms with Gasteiger partial charge >= 0.3 is 6.18 Å². The molecular weight excluding hydrogens is 553 g/mol. The third-order valence-electron chi connectivity index (χ3n) is 7.92. The molecule has 1 saturated heterocycles. The average Bonchev–Trinajstić information content (AvgIpc) is 3.54. The zero-order valence-corrected chi connectivity index (χ0v) is 24.2. The minimum atomic E-state index is -4.40. The normalized spacial score (nSPS) is 15.5. The van der Waals surface area contributed by atoms with E-state index in [1.807, 2.05) is 60.6 Å². The van der Waals surface area contributed by atoms with Gasteiger partial charge in [-0.15, -0.1) is 0 Å². The molecule has 0 bridgehead atoms. The Morgan fingerprint density at radius 3 is 2.44 bits per heavy atom. The molecule has 10 heteroatoms. The summed E-state index contributed by atoms with van der Waals surface area (Å²) in [6.07, 6.45) is 5.77. The summed E-state index contributed by atoms with van der Waals surface area (Å²) in [6, 6.07) is 16.9. The number of rotatable bonds is 9. The van der Waals surface area contributed by atoms with Crippen molar-refractivity contribution < 1.29 is 18.0 Å². The lowest BCUT2D eigenvalue weighted by atomic mass is 9.99. The van der Waals surface area contributed by atoms with Gasteiger partial charge in [0, 0.05) is 72.8 Å². The Morgan fingerprint density at radius 2 is 1.81 bits per heavy atom. The number of likely N-dealkylation sites (tertiary alicyclic amines) is 1. The molecule has 1 amide bonds. The maximum absolute atomic E-state index is 13.6. The second-order valence-electron chi connectivity index (χ2n) is 10.9. The van der Waals surface area contributed by atoms with E-state index >= 15 is 0 Å². The van der Waals surface area contributed by atoms with E-state index in [-0.39, 0.29) is 18.0 Å². The quantitative estimate of drug-likeness (QED) is 0.203. The first kappa shape index (κ1) is 30.0. The molecule has 224 valence electrons. The molecule has 3 heterocycles. The molecule has 43 heavy (non-hydrogen) atoms. The maximum atomic E-state index is 13.6. The molecule has 4 aromatic rings. The number of anilines is 2. The van der Waals surface area contributed by atoms with E-state index in [0.29, 0.717) is 12.1 Å². The van der Waals surface area contributed by atoms with E-state index < -0.39 is 11.7 Å². The number of halogens is 3. The molecule has 1 unspecified atom stereocenters. The second-order valence-corrected chi connectivity index (χ2v) is 10.9. The molecule has 2 aromatic heterocycles. The van der Waals surface area contributed by atoms with Crippen LogP contribution in [0.4, 0.5) is 24.5 Å². The SMILES string of the molecule is Cc1cc(Nc2ccc(CN(C(=O)C=Cc3ccc(C(F)(F)F)cc3)C3CCN(C(C)c4cn[nH]c4)CC3)cc2)ccn1. The lowest BCUT2D eigenvalue weighted by Crippen LogP contribution is -2.47. The minimum Gasteiger partial charge on any atom is -0.355 e. The van der Waals surface area contributed by atoms with Crippen LogP contribution in [0.25, 0.3) is 6.08 Å². The summed E-state index contributed by atoms with van der Waals surface area (Å²) in [5, 5.41) is 10.3. The predicted octanol–water partition coefficient (Wildman–Crippen LogP) is 7.14. The van der Waals surface area contributed by atoms with Gasteiger partial charge in [0.2, 0.25) is 5.91 Å². The van der Waals surface area contributed by atoms with Crippen LogP contribution in [0.5, 0.6) is 0 Å². The number of benzene rings is 2. The van der Waals surface area contributed by atoms with E-state index in [1.165, 1.54) is 18.2 Å². The zero-order chi connectivity index (χ0) is 30.4. The first-order valence-electron chi connectivity index (χ1n) is 14.3. The smallest absolute Gasteiger partial charge is 0.355 e. The number of aromatic amines is 1. The number of H-pyrrole nitrogens is 1. The standard InChI is InChI=1S/C33H35F3N6O/c1-23-19-30(13-16-37-23)40-29-10-5-26(6-11-29)22-42(31-14-17-41(18-15-31)24(2)27-20-38-39-21-27)32(43)12-7-25-3-8-28(9-4-25)33(34,35)36/h3-13,16,19-21,24,31H,14-15,17-18,22H2,1-2H3,(H,37,40)(H,38,39). The van der Waals surface area contributed by atoms with Crippen molar-refractivity contribution in [2.45, 2.75) is 51.5 Å². The van der Waals surface area contributed by atoms with Crippen molar-refractivity contribution in [3.63, 3.8) is 0 Å². The van der Waals surface area contributed by atoms with Crippen molar-refractivity contribution in [2.24, 2.45) is 0 Å². The second kappa shape index (κ2) is 13.2. The number of hydrogen-bond donors (Lipinski definition) is 2. The summed E-state index contributed by atoms with van der Waals surface area (Å²) in [4.78, 5) is 22.1. The van der Waals surface area contributed by atoms with Crippen molar-refractivity contribution in [1.82, 2.24) is 25.0 Å². The number of carbonyl (C=O) groups is 1. The topological polar surface area (TPSA) is 77.2 Å². The molecule has 0 aliphatic carbocycles. The molecule has 2 N–H and O–H groups in total. The molecule has 0 radical (unpaired) electrons. The number of piperidine rings is 1. The fourth-order valence-electron chi connectivity index (χ4n) is 5.40. The van der Waals surface area contributed by atoms with Crippen molar-refractivity contribution in [1.29, 1.82) is 0 Å². The third-order valence-corrected chi connectivity index (χ3v) is 7.92. The summed E-state index contributed by atoms with van der Waals surface area (Å²) in [6.45, 7) is 6.18. The van der Waals surface area contributed by atoms with Crippen LogP contribution in [0.2, 0.25) is 0 Å². The van der Waals surface area contributed by atoms with E-state index in [1.54, 1.807) is 12.3 Å². The average molecular weight is 589 g/mol. The number of pyridine rings is 1. The first-order valence-corrected chi connectivity index (χ1v) is 14.3. The van der Waals surface area contributed by atoms with Crippen molar-refractivity contribution in [3.05, 3.63) is 113 Å². The van der Waals surface area contributed by atoms with Crippen LogP contribution in [-0.2, 0) is 17.5 Å². The molecule has 5 rings (SSSR count). The highest BCUT2D eigenvalue weighted by atomic mass is 19.4. The van der Waals surface area contributed by atoms with E-state index in [2.05, 4.69) is 32.3 Å². The summed E-state index contributed by atoms with van der Waals surface area (Å²) in [7, 11) is 0. The predicted molar refractivity (Wildman–Crippen MR) is 161 cm³/mol. The van der Waals surface area contributed by atoms with Gasteiger partial charge in [-0.25, -0.2) is 0 Å². The number of carbonyl (C=O) groups excluding carboxylic acids is 1. The number of hydrogen-bond acceptors (Lipinski definition) is 5. The van der Waals surface area contributed by atoms with Gasteiger partial charge in [-0.05, 0) is 80.3 Å². The van der Waals surface area contributed by atoms with Gasteiger partial charge in [0.15, 0.2) is 0 Å². The molecule has 1 aliphatic rings. The fourth-order valence-corrected chi connectivity index (χ4v) is 5.40. The van der Waals surface area contributed by atoms with Gasteiger partial charge in [0.1, 0.15) is 0 Å². The Kier molecular flexibility index (Phi) is 9.25. The van der Waals surface area contributed by atoms with Gasteiger partial charge < -0.3 is 10.2 Å². The fraction of sp³-hybridized carbons (Fsp3) is 0.303. The summed E-state index contributed by atoms with van der Waals surface area (Å²) < 4.78 is 38.9. The Labute approximate surface area is 249 Å². The van der Waals surface area contributed by atoms with Gasteiger partial charge in [-0.2, -0.15) is 18.3 Å². The molecule has 1 fully saturated rings. The summed E-state index contributed by atoms with van der Waals surface area (Å²) >= 11 is 0. The third kappa shape index (κ3) is 7.90. The largest absolute Gasteiger partial charge is 0.416 e. The molecule has 0 spiro atoms. The highest BCUT2D eigenvalue weighted by Gasteiger charge is 2.31. The van der Waals surface area contributed by atoms with Crippen LogP contribution >= 0.6 is 0 Å². The molecule has 0 saturated carbocycles. The number of amides is 1. The molecule has 1 atom stereocenters. The molecule has 1 aliphatic heterocycles. The van der Waals surface area contributed by atoms with E-state index in [4.69, 9.17) is 0 Å². The monoisotopic (exact) mass is 588 g/mol. The van der Waals surface area contributed by atoms with Crippen molar-refractivity contribution in [3.8, 4) is 0 Å². The highest BCUT2D eigenvalue weighted by Crippen LogP contribution is 2.30. The maximum Gasteiger partial charge on any atom is 0.416 e. The minimum absolute atomic E-state index is 0.0233. The van der Waals surface area contributed by atoms with Crippen LogP contribution in [0, 0.1) is 6.92 Å². The van der Waals surface area contributed by atoms with E-state index in [9.17, 15) is 18.0 Å². The number of aromatic nitrogens is 3. The first-order chi connectivity index (χ1) is 20.7. The van der Waals surface area contributed by atoms with Crippen LogP contribution in [0.15, 0.2) is 85.3 Å². The van der Waals surface area contributed by atoms with Crippen molar-refractivity contribution >= 4 is 23.4 Å². The Hall–Kier alpha value is -4.44. The van der Waals surface area contributed by atoms with E-state index in [0.717, 1.165) is 66.3 Å². The van der Waals surface area contributed by atoms with Gasteiger partial charge in [-0.1, -0.05) is 24.3 Å². The molecule has 2 aromatic carbocycles.